The second kappa shape index (κ2) is 8.26. The summed E-state index contributed by atoms with van der Waals surface area (Å²) in [5.74, 6) is -1.51. The van der Waals surface area contributed by atoms with Gasteiger partial charge in [0.25, 0.3) is 0 Å². The molecule has 0 aliphatic rings. The Balaban J connectivity index is 1.81. The van der Waals surface area contributed by atoms with Crippen LogP contribution in [0.25, 0.3) is 0 Å². The Morgan fingerprint density at radius 3 is 2.38 bits per heavy atom. The molecule has 1 unspecified atom stereocenters. The van der Waals surface area contributed by atoms with E-state index in [-0.39, 0.29) is 6.54 Å². The third-order valence-electron chi connectivity index (χ3n) is 3.78. The van der Waals surface area contributed by atoms with E-state index in [0.717, 1.165) is 16.7 Å². The topological polar surface area (TPSA) is 78.4 Å². The van der Waals surface area contributed by atoms with Crippen molar-refractivity contribution < 1.29 is 14.7 Å². The second-order valence-electron chi connectivity index (χ2n) is 5.81. The van der Waals surface area contributed by atoms with Crippen molar-refractivity contribution in [3.63, 3.8) is 0 Å². The molecule has 1 atom stereocenters. The summed E-state index contributed by atoms with van der Waals surface area (Å²) < 4.78 is 0. The van der Waals surface area contributed by atoms with Crippen molar-refractivity contribution in [2.75, 3.05) is 11.9 Å². The molecule has 0 aliphatic heterocycles. The van der Waals surface area contributed by atoms with E-state index in [1.807, 2.05) is 56.3 Å². The number of nitrogens with one attached hydrogen (secondary N) is 2. The number of hydrogen-bond donors (Lipinski definition) is 3. The molecule has 0 radical (unpaired) electrons. The molecule has 2 rings (SSSR count). The van der Waals surface area contributed by atoms with Gasteiger partial charge in [-0.05, 0) is 42.7 Å². The van der Waals surface area contributed by atoms with Gasteiger partial charge in [-0.15, -0.1) is 0 Å². The van der Waals surface area contributed by atoms with Gasteiger partial charge in [-0.2, -0.15) is 0 Å². The summed E-state index contributed by atoms with van der Waals surface area (Å²) in [5, 5.41) is 14.9. The molecule has 0 saturated carbocycles. The van der Waals surface area contributed by atoms with Crippen LogP contribution in [0, 0.1) is 13.8 Å². The number of anilines is 1. The Kier molecular flexibility index (Phi) is 6.09. The first-order valence-corrected chi connectivity index (χ1v) is 7.84. The molecule has 0 aliphatic carbocycles. The quantitative estimate of drug-likeness (QED) is 0.735. The Bertz CT molecular complexity index is 714. The second-order valence-corrected chi connectivity index (χ2v) is 5.81. The summed E-state index contributed by atoms with van der Waals surface area (Å²) in [4.78, 5) is 23.7. The van der Waals surface area contributed by atoms with Crippen molar-refractivity contribution in [1.29, 1.82) is 0 Å². The lowest BCUT2D eigenvalue weighted by atomic mass is 10.1. The van der Waals surface area contributed by atoms with E-state index in [1.165, 1.54) is 0 Å². The fourth-order valence-electron chi connectivity index (χ4n) is 2.26. The first-order chi connectivity index (χ1) is 11.5. The lowest BCUT2D eigenvalue weighted by molar-refractivity contribution is -0.136. The Labute approximate surface area is 141 Å². The predicted molar refractivity (Wildman–Crippen MR) is 93.7 cm³/mol. The Morgan fingerprint density at radius 1 is 1.00 bits per heavy atom. The number of amides is 2. The molecule has 5 heteroatoms. The van der Waals surface area contributed by atoms with E-state index in [4.69, 9.17) is 0 Å². The molecule has 0 saturated heterocycles. The third kappa shape index (κ3) is 5.21. The van der Waals surface area contributed by atoms with Crippen LogP contribution in [-0.4, -0.2) is 29.6 Å². The smallest absolute Gasteiger partial charge is 0.313 e. The molecule has 2 amide bonds. The van der Waals surface area contributed by atoms with Crippen molar-refractivity contribution in [3.8, 4) is 0 Å². The summed E-state index contributed by atoms with van der Waals surface area (Å²) in [5.41, 5.74) is 3.69. The summed E-state index contributed by atoms with van der Waals surface area (Å²) in [7, 11) is 0. The number of rotatable bonds is 5. The maximum atomic E-state index is 11.9. The van der Waals surface area contributed by atoms with Gasteiger partial charge in [0.15, 0.2) is 0 Å². The molecule has 0 aromatic heterocycles. The molecule has 0 heterocycles. The van der Waals surface area contributed by atoms with Crippen LogP contribution in [0.1, 0.15) is 16.7 Å². The molecule has 24 heavy (non-hydrogen) atoms. The van der Waals surface area contributed by atoms with E-state index in [0.29, 0.717) is 12.1 Å². The molecule has 0 spiro atoms. The van der Waals surface area contributed by atoms with Crippen LogP contribution < -0.4 is 10.6 Å². The minimum Gasteiger partial charge on any atom is -0.391 e. The van der Waals surface area contributed by atoms with Gasteiger partial charge >= 0.3 is 11.8 Å². The normalized spacial score (nSPS) is 11.6. The number of aliphatic hydroxyl groups excluding tert-OH is 1. The monoisotopic (exact) mass is 326 g/mol. The minimum absolute atomic E-state index is 0.0219. The highest BCUT2D eigenvalue weighted by Crippen LogP contribution is 2.13. The van der Waals surface area contributed by atoms with Crippen molar-refractivity contribution in [3.05, 3.63) is 65.2 Å². The SMILES string of the molecule is Cc1ccc(NC(=O)C(=O)NCC(O)Cc2ccccc2)cc1C. The maximum absolute atomic E-state index is 11.9. The molecular weight excluding hydrogens is 304 g/mol. The van der Waals surface area contributed by atoms with E-state index in [9.17, 15) is 14.7 Å². The molecule has 0 bridgehead atoms. The van der Waals surface area contributed by atoms with Gasteiger partial charge in [-0.1, -0.05) is 36.4 Å². The number of benzene rings is 2. The van der Waals surface area contributed by atoms with Gasteiger partial charge < -0.3 is 15.7 Å². The zero-order valence-corrected chi connectivity index (χ0v) is 13.9. The Morgan fingerprint density at radius 2 is 1.71 bits per heavy atom. The lowest BCUT2D eigenvalue weighted by Gasteiger charge is -2.12. The predicted octanol–water partition coefficient (Wildman–Crippen LogP) is 1.96. The van der Waals surface area contributed by atoms with Gasteiger partial charge in [0.05, 0.1) is 6.10 Å². The van der Waals surface area contributed by atoms with Gasteiger partial charge in [0.2, 0.25) is 0 Å². The lowest BCUT2D eigenvalue weighted by Crippen LogP contribution is -2.40. The number of carbonyl (C=O) groups excluding carboxylic acids is 2. The van der Waals surface area contributed by atoms with Gasteiger partial charge in [-0.25, -0.2) is 0 Å². The third-order valence-corrected chi connectivity index (χ3v) is 3.78. The van der Waals surface area contributed by atoms with Gasteiger partial charge in [0, 0.05) is 18.7 Å². The van der Waals surface area contributed by atoms with E-state index < -0.39 is 17.9 Å². The van der Waals surface area contributed by atoms with Crippen LogP contribution in [0.15, 0.2) is 48.5 Å². The maximum Gasteiger partial charge on any atom is 0.313 e. The van der Waals surface area contributed by atoms with E-state index >= 15 is 0 Å². The molecular formula is C19H22N2O3. The highest BCUT2D eigenvalue weighted by molar-refractivity contribution is 6.39. The molecule has 5 nitrogen and oxygen atoms in total. The standard InChI is InChI=1S/C19H22N2O3/c1-13-8-9-16(10-14(13)2)21-19(24)18(23)20-12-17(22)11-15-6-4-3-5-7-15/h3-10,17,22H,11-12H2,1-2H3,(H,20,23)(H,21,24). The summed E-state index contributed by atoms with van der Waals surface area (Å²) in [6, 6.07) is 14.9. The van der Waals surface area contributed by atoms with E-state index in [1.54, 1.807) is 6.07 Å². The minimum atomic E-state index is -0.764. The first kappa shape index (κ1) is 17.7. The average Bonchev–Trinajstić information content (AvgIpc) is 2.57. The number of aryl methyl sites for hydroxylation is 2. The van der Waals surface area contributed by atoms with Crippen LogP contribution in [-0.2, 0) is 16.0 Å². The Hall–Kier alpha value is -2.66. The largest absolute Gasteiger partial charge is 0.391 e. The van der Waals surface area contributed by atoms with Crippen molar-refractivity contribution in [1.82, 2.24) is 5.32 Å². The van der Waals surface area contributed by atoms with Crippen molar-refractivity contribution in [2.45, 2.75) is 26.4 Å². The van der Waals surface area contributed by atoms with Crippen LogP contribution in [0.3, 0.4) is 0 Å². The van der Waals surface area contributed by atoms with Crippen LogP contribution in [0.4, 0.5) is 5.69 Å². The molecule has 126 valence electrons. The number of hydrogen-bond acceptors (Lipinski definition) is 3. The zero-order valence-electron chi connectivity index (χ0n) is 13.9. The van der Waals surface area contributed by atoms with Crippen molar-refractivity contribution >= 4 is 17.5 Å². The molecule has 0 fully saturated rings. The van der Waals surface area contributed by atoms with Gasteiger partial charge in [0.1, 0.15) is 0 Å². The summed E-state index contributed by atoms with van der Waals surface area (Å²) >= 11 is 0. The molecule has 3 N–H and O–H groups in total. The zero-order chi connectivity index (χ0) is 17.5. The fourth-order valence-corrected chi connectivity index (χ4v) is 2.26. The summed E-state index contributed by atoms with van der Waals surface area (Å²) in [6.07, 6.45) is -0.328. The van der Waals surface area contributed by atoms with Crippen molar-refractivity contribution in [2.24, 2.45) is 0 Å². The van der Waals surface area contributed by atoms with Gasteiger partial charge in [-0.3, -0.25) is 9.59 Å². The highest BCUT2D eigenvalue weighted by Gasteiger charge is 2.15. The molecule has 2 aromatic carbocycles. The van der Waals surface area contributed by atoms with Crippen LogP contribution in [0.2, 0.25) is 0 Å². The number of carbonyl (C=O) groups is 2. The van der Waals surface area contributed by atoms with Crippen LogP contribution in [0.5, 0.6) is 0 Å². The average molecular weight is 326 g/mol. The fraction of sp³-hybridized carbons (Fsp3) is 0.263. The highest BCUT2D eigenvalue weighted by atomic mass is 16.3. The van der Waals surface area contributed by atoms with Crippen LogP contribution >= 0.6 is 0 Å². The first-order valence-electron chi connectivity index (χ1n) is 7.84. The summed E-state index contributed by atoms with van der Waals surface area (Å²) in [6.45, 7) is 3.93. The van der Waals surface area contributed by atoms with E-state index in [2.05, 4.69) is 10.6 Å². The molecule has 2 aromatic rings. The number of aliphatic hydroxyl groups is 1.